The molecule has 5 rings (SSSR count). The molecule has 13 heteroatoms. The van der Waals surface area contributed by atoms with Crippen LogP contribution in [0.1, 0.15) is 59.6 Å². The van der Waals surface area contributed by atoms with Crippen molar-refractivity contribution >= 4 is 51.9 Å². The van der Waals surface area contributed by atoms with Crippen LogP contribution in [0.3, 0.4) is 0 Å². The molecule has 43 heavy (non-hydrogen) atoms. The Hall–Kier alpha value is -3.58. The molecule has 1 saturated heterocycles. The second kappa shape index (κ2) is 13.8. The Kier molecular flexibility index (Phi) is 9.91. The van der Waals surface area contributed by atoms with Gasteiger partial charge in [0.2, 0.25) is 11.7 Å². The van der Waals surface area contributed by atoms with Crippen molar-refractivity contribution in [2.75, 3.05) is 51.0 Å². The molecule has 1 aliphatic carbocycles. The molecule has 1 unspecified atom stereocenters. The first-order valence-corrected chi connectivity index (χ1v) is 15.0. The molecule has 1 saturated carbocycles. The van der Waals surface area contributed by atoms with Crippen molar-refractivity contribution in [3.63, 3.8) is 0 Å². The molecule has 230 valence electrons. The molecule has 3 amide bonds. The van der Waals surface area contributed by atoms with Crippen molar-refractivity contribution in [2.45, 2.75) is 44.8 Å². The fraction of sp³-hybridized carbons (Fsp3) is 0.500. The SMILES string of the molecule is COCCN(C)C(=O)c1ccc2oc(C(=O)Nc3ccc(Cl)cn3)c(NC(=O)C3CCC(C(O)N4CCCC4)CC3)c2n1. The maximum Gasteiger partial charge on any atom is 0.294 e. The average molecular weight is 613 g/mol. The highest BCUT2D eigenvalue weighted by molar-refractivity contribution is 6.30. The van der Waals surface area contributed by atoms with Gasteiger partial charge in [0.05, 0.1) is 11.6 Å². The first-order valence-electron chi connectivity index (χ1n) is 14.6. The number of nitrogens with one attached hydrogen (secondary N) is 2. The van der Waals surface area contributed by atoms with Gasteiger partial charge in [-0.2, -0.15) is 0 Å². The van der Waals surface area contributed by atoms with Crippen LogP contribution in [0, 0.1) is 11.8 Å². The van der Waals surface area contributed by atoms with Crippen molar-refractivity contribution in [1.82, 2.24) is 19.8 Å². The summed E-state index contributed by atoms with van der Waals surface area (Å²) in [7, 11) is 3.19. The number of aromatic nitrogens is 2. The summed E-state index contributed by atoms with van der Waals surface area (Å²) in [6.45, 7) is 2.54. The third-order valence-corrected chi connectivity index (χ3v) is 8.46. The molecular weight excluding hydrogens is 576 g/mol. The molecule has 3 N–H and O–H groups in total. The van der Waals surface area contributed by atoms with Crippen LogP contribution in [0.4, 0.5) is 11.5 Å². The van der Waals surface area contributed by atoms with E-state index in [1.807, 2.05) is 0 Å². The first kappa shape index (κ1) is 30.9. The van der Waals surface area contributed by atoms with Crippen molar-refractivity contribution in [3.05, 3.63) is 46.9 Å². The smallest absolute Gasteiger partial charge is 0.294 e. The van der Waals surface area contributed by atoms with Gasteiger partial charge in [0, 0.05) is 45.9 Å². The second-order valence-electron chi connectivity index (χ2n) is 11.1. The predicted octanol–water partition coefficient (Wildman–Crippen LogP) is 4.01. The Bertz CT molecular complexity index is 1450. The molecule has 0 aromatic carbocycles. The fourth-order valence-corrected chi connectivity index (χ4v) is 5.84. The molecule has 0 bridgehead atoms. The Labute approximate surface area is 254 Å². The summed E-state index contributed by atoms with van der Waals surface area (Å²) in [6, 6.07) is 6.19. The number of fused-ring (bicyclic) bond motifs is 1. The number of anilines is 2. The minimum Gasteiger partial charge on any atom is -0.447 e. The largest absolute Gasteiger partial charge is 0.447 e. The Morgan fingerprint density at radius 1 is 1.14 bits per heavy atom. The maximum absolute atomic E-state index is 13.6. The number of halogens is 1. The third kappa shape index (κ3) is 7.15. The Morgan fingerprint density at radius 2 is 1.88 bits per heavy atom. The van der Waals surface area contributed by atoms with Crippen molar-refractivity contribution in [2.24, 2.45) is 11.8 Å². The van der Waals surface area contributed by atoms with Crippen LogP contribution in [-0.2, 0) is 9.53 Å². The van der Waals surface area contributed by atoms with Gasteiger partial charge in [-0.1, -0.05) is 11.6 Å². The predicted molar refractivity (Wildman–Crippen MR) is 161 cm³/mol. The lowest BCUT2D eigenvalue weighted by Gasteiger charge is -2.35. The van der Waals surface area contributed by atoms with E-state index in [4.69, 9.17) is 20.8 Å². The first-order chi connectivity index (χ1) is 20.7. The molecule has 3 aromatic rings. The molecule has 2 aliphatic rings. The van der Waals surface area contributed by atoms with E-state index in [2.05, 4.69) is 25.5 Å². The molecule has 0 spiro atoms. The van der Waals surface area contributed by atoms with Gasteiger partial charge in [-0.15, -0.1) is 0 Å². The van der Waals surface area contributed by atoms with Crippen molar-refractivity contribution < 1.29 is 28.6 Å². The minimum absolute atomic E-state index is 0.0832. The summed E-state index contributed by atoms with van der Waals surface area (Å²) < 4.78 is 11.0. The van der Waals surface area contributed by atoms with E-state index in [1.165, 1.54) is 17.2 Å². The van der Waals surface area contributed by atoms with E-state index in [0.717, 1.165) is 38.8 Å². The molecule has 2 fully saturated rings. The van der Waals surface area contributed by atoms with Gasteiger partial charge in [0.25, 0.3) is 11.8 Å². The molecule has 3 aromatic heterocycles. The zero-order valence-corrected chi connectivity index (χ0v) is 25.1. The van der Waals surface area contributed by atoms with Gasteiger partial charge >= 0.3 is 0 Å². The minimum atomic E-state index is -0.648. The van der Waals surface area contributed by atoms with Crippen molar-refractivity contribution in [3.8, 4) is 0 Å². The molecule has 0 radical (unpaired) electrons. The summed E-state index contributed by atoms with van der Waals surface area (Å²) in [5, 5.41) is 16.8. The number of furan rings is 1. The standard InChI is InChI=1S/C30H37ClN6O6/c1-36(15-16-42-2)30(41)21-10-11-22-24(33-21)25(26(43-22)28(39)34-23-12-9-20(31)17-32-23)35-27(38)18-5-7-19(8-6-18)29(40)37-13-3-4-14-37/h9-12,17-19,29,40H,3-8,13-16H2,1-2H3,(H,35,38)(H,32,34,39). The van der Waals surface area contributed by atoms with Gasteiger partial charge in [0.15, 0.2) is 5.58 Å². The van der Waals surface area contributed by atoms with E-state index < -0.39 is 12.1 Å². The third-order valence-electron chi connectivity index (χ3n) is 8.23. The highest BCUT2D eigenvalue weighted by atomic mass is 35.5. The monoisotopic (exact) mass is 612 g/mol. The fourth-order valence-electron chi connectivity index (χ4n) is 5.73. The number of hydrogen-bond acceptors (Lipinski definition) is 9. The van der Waals surface area contributed by atoms with Gasteiger partial charge in [-0.25, -0.2) is 9.97 Å². The highest BCUT2D eigenvalue weighted by Crippen LogP contribution is 2.36. The Morgan fingerprint density at radius 3 is 2.56 bits per heavy atom. The number of aliphatic hydroxyl groups is 1. The van der Waals surface area contributed by atoms with E-state index in [1.54, 1.807) is 32.4 Å². The van der Waals surface area contributed by atoms with Crippen LogP contribution in [0.5, 0.6) is 0 Å². The van der Waals surface area contributed by atoms with Gasteiger partial charge in [-0.3, -0.25) is 19.3 Å². The number of pyridine rings is 2. The lowest BCUT2D eigenvalue weighted by Crippen LogP contribution is -2.41. The van der Waals surface area contributed by atoms with Gasteiger partial charge in [-0.05, 0) is 68.7 Å². The van der Waals surface area contributed by atoms with E-state index >= 15 is 0 Å². The van der Waals surface area contributed by atoms with Crippen LogP contribution in [-0.4, -0.2) is 89.2 Å². The molecule has 1 aliphatic heterocycles. The quantitative estimate of drug-likeness (QED) is 0.309. The number of carbonyl (C=O) groups excluding carboxylic acids is 3. The molecule has 1 atom stereocenters. The van der Waals surface area contributed by atoms with E-state index in [-0.39, 0.29) is 57.7 Å². The summed E-state index contributed by atoms with van der Waals surface area (Å²) >= 11 is 5.92. The number of methoxy groups -OCH3 is 1. The number of likely N-dealkylation sites (N-methyl/N-ethyl adjacent to an activating group) is 1. The number of likely N-dealkylation sites (tertiary alicyclic amines) is 1. The number of ether oxygens (including phenoxy) is 1. The molecule has 12 nitrogen and oxygen atoms in total. The summed E-state index contributed by atoms with van der Waals surface area (Å²) in [4.78, 5) is 52.2. The number of amides is 3. The number of nitrogens with zero attached hydrogens (tertiary/aromatic N) is 4. The lowest BCUT2D eigenvalue weighted by atomic mass is 9.80. The summed E-state index contributed by atoms with van der Waals surface area (Å²) in [5.74, 6) is -1.38. The van der Waals surface area contributed by atoms with Crippen molar-refractivity contribution in [1.29, 1.82) is 0 Å². The second-order valence-corrected chi connectivity index (χ2v) is 11.6. The zero-order chi connectivity index (χ0) is 30.5. The van der Waals surface area contributed by atoms with Crippen LogP contribution in [0.15, 0.2) is 34.9 Å². The summed E-state index contributed by atoms with van der Waals surface area (Å²) in [6.07, 6.45) is 5.77. The normalized spacial score (nSPS) is 19.7. The zero-order valence-electron chi connectivity index (χ0n) is 24.3. The van der Waals surface area contributed by atoms with Crippen LogP contribution >= 0.6 is 11.6 Å². The molecular formula is C30H37ClN6O6. The van der Waals surface area contributed by atoms with Crippen LogP contribution < -0.4 is 10.6 Å². The number of aliphatic hydroxyl groups excluding tert-OH is 1. The van der Waals surface area contributed by atoms with E-state index in [9.17, 15) is 19.5 Å². The highest BCUT2D eigenvalue weighted by Gasteiger charge is 2.34. The maximum atomic E-state index is 13.6. The van der Waals surface area contributed by atoms with Gasteiger partial charge < -0.3 is 29.8 Å². The topological polar surface area (TPSA) is 150 Å². The average Bonchev–Trinajstić information content (AvgIpc) is 3.69. The molecule has 4 heterocycles. The van der Waals surface area contributed by atoms with Gasteiger partial charge in [0.1, 0.15) is 28.9 Å². The lowest BCUT2D eigenvalue weighted by molar-refractivity contribution is -0.122. The van der Waals surface area contributed by atoms with Crippen LogP contribution in [0.2, 0.25) is 5.02 Å². The van der Waals surface area contributed by atoms with E-state index in [0.29, 0.717) is 31.0 Å². The van der Waals surface area contributed by atoms with Crippen LogP contribution in [0.25, 0.3) is 11.1 Å². The Balaban J connectivity index is 1.38. The number of rotatable bonds is 10. The number of carbonyl (C=O) groups is 3. The number of hydrogen-bond donors (Lipinski definition) is 3. The summed E-state index contributed by atoms with van der Waals surface area (Å²) in [5.41, 5.74) is 0.634.